The Hall–Kier alpha value is 0. The third-order valence-corrected chi connectivity index (χ3v) is 16.0. The summed E-state index contributed by atoms with van der Waals surface area (Å²) in [5.74, 6) is 10.4. The predicted octanol–water partition coefficient (Wildman–Crippen LogP) is 13.4. The van der Waals surface area contributed by atoms with Gasteiger partial charge in [0, 0.05) is 0 Å². The molecule has 0 aliphatic heterocycles. The summed E-state index contributed by atoms with van der Waals surface area (Å²) >= 11 is 0. The molecule has 0 aromatic rings. The fourth-order valence-electron chi connectivity index (χ4n) is 12.8. The largest absolute Gasteiger partial charge is 0.0599 e. The van der Waals surface area contributed by atoms with Gasteiger partial charge in [-0.25, -0.2) is 0 Å². The van der Waals surface area contributed by atoms with Crippen LogP contribution in [0.4, 0.5) is 0 Å². The van der Waals surface area contributed by atoms with Crippen LogP contribution >= 0.6 is 0 Å². The Bertz CT molecular complexity index is 789. The van der Waals surface area contributed by atoms with Crippen LogP contribution in [0.25, 0.3) is 0 Å². The SMILES string of the molecule is CC(C)(C)C1CCC(C(C)(C)C2CCC3CCCCC32)C1.CC(C)(C)C1CCC(C(C)(C)C2CCC3CCCCC32)C1. The Balaban J connectivity index is 0.000000168. The summed E-state index contributed by atoms with van der Waals surface area (Å²) in [5.41, 5.74) is 2.23. The second-order valence-corrected chi connectivity index (χ2v) is 20.6. The third kappa shape index (κ3) is 6.89. The van der Waals surface area contributed by atoms with Gasteiger partial charge in [0.1, 0.15) is 0 Å². The van der Waals surface area contributed by atoms with E-state index < -0.39 is 0 Å². The first-order valence-corrected chi connectivity index (χ1v) is 19.6. The summed E-state index contributed by atoms with van der Waals surface area (Å²) in [7, 11) is 0. The normalized spacial score (nSPS) is 41.3. The van der Waals surface area contributed by atoms with Gasteiger partial charge in [0.2, 0.25) is 0 Å². The average molecular weight is 581 g/mol. The molecule has 6 fully saturated rings. The molecule has 10 unspecified atom stereocenters. The predicted molar refractivity (Wildman–Crippen MR) is 184 cm³/mol. The molecule has 6 saturated carbocycles. The van der Waals surface area contributed by atoms with E-state index in [2.05, 4.69) is 69.2 Å². The van der Waals surface area contributed by atoms with Gasteiger partial charge in [0.15, 0.2) is 0 Å². The summed E-state index contributed by atoms with van der Waals surface area (Å²) in [6, 6.07) is 0. The molecule has 0 amide bonds. The Labute approximate surface area is 265 Å². The molecule has 0 N–H and O–H groups in total. The molecule has 0 spiro atoms. The number of fused-ring (bicyclic) bond motifs is 2. The minimum atomic E-state index is 0.522. The quantitative estimate of drug-likeness (QED) is 0.310. The van der Waals surface area contributed by atoms with Gasteiger partial charge in [-0.1, -0.05) is 108 Å². The molecule has 0 bridgehead atoms. The lowest BCUT2D eigenvalue weighted by Crippen LogP contribution is -2.36. The maximum Gasteiger partial charge on any atom is -0.0295 e. The van der Waals surface area contributed by atoms with Crippen molar-refractivity contribution in [1.29, 1.82) is 0 Å². The van der Waals surface area contributed by atoms with Crippen molar-refractivity contribution in [2.24, 2.45) is 80.8 Å². The smallest absolute Gasteiger partial charge is 0.0295 e. The van der Waals surface area contributed by atoms with E-state index >= 15 is 0 Å². The number of hydrogen-bond donors (Lipinski definition) is 0. The van der Waals surface area contributed by atoms with Gasteiger partial charge in [0.05, 0.1) is 0 Å². The minimum absolute atomic E-state index is 0.522. The molecule has 6 aliphatic rings. The van der Waals surface area contributed by atoms with Crippen molar-refractivity contribution in [3.05, 3.63) is 0 Å². The van der Waals surface area contributed by atoms with E-state index in [1.165, 1.54) is 64.2 Å². The van der Waals surface area contributed by atoms with Crippen molar-refractivity contribution < 1.29 is 0 Å². The second-order valence-electron chi connectivity index (χ2n) is 20.6. The molecule has 0 aromatic heterocycles. The first-order chi connectivity index (χ1) is 19.6. The van der Waals surface area contributed by atoms with Gasteiger partial charge in [-0.05, 0) is 158 Å². The zero-order valence-corrected chi connectivity index (χ0v) is 30.5. The summed E-state index contributed by atoms with van der Waals surface area (Å²) in [5, 5.41) is 0. The molecule has 0 radical (unpaired) electrons. The van der Waals surface area contributed by atoms with E-state index in [-0.39, 0.29) is 0 Å². The molecule has 0 saturated heterocycles. The van der Waals surface area contributed by atoms with E-state index in [9.17, 15) is 0 Å². The van der Waals surface area contributed by atoms with Crippen molar-refractivity contribution in [2.45, 2.75) is 185 Å². The van der Waals surface area contributed by atoms with Gasteiger partial charge in [0.25, 0.3) is 0 Å². The van der Waals surface area contributed by atoms with Crippen LogP contribution in [0.3, 0.4) is 0 Å². The highest BCUT2D eigenvalue weighted by molar-refractivity contribution is 5.01. The minimum Gasteiger partial charge on any atom is -0.0599 e. The van der Waals surface area contributed by atoms with Crippen molar-refractivity contribution in [2.75, 3.05) is 0 Å². The van der Waals surface area contributed by atoms with Gasteiger partial charge in [-0.2, -0.15) is 0 Å². The maximum atomic E-state index is 2.64. The molecule has 0 heteroatoms. The molecule has 6 aliphatic carbocycles. The molecule has 0 heterocycles. The van der Waals surface area contributed by atoms with Crippen LogP contribution < -0.4 is 0 Å². The van der Waals surface area contributed by atoms with Crippen molar-refractivity contribution in [3.8, 4) is 0 Å². The molecule has 10 atom stereocenters. The van der Waals surface area contributed by atoms with E-state index in [1.807, 2.05) is 0 Å². The summed E-state index contributed by atoms with van der Waals surface area (Å²) in [6.45, 7) is 25.3. The maximum absolute atomic E-state index is 2.64. The molecular weight excluding hydrogens is 504 g/mol. The van der Waals surface area contributed by atoms with E-state index in [0.29, 0.717) is 21.7 Å². The summed E-state index contributed by atoms with van der Waals surface area (Å²) in [4.78, 5) is 0. The Morgan fingerprint density at radius 3 is 1.00 bits per heavy atom. The van der Waals surface area contributed by atoms with E-state index in [4.69, 9.17) is 0 Å². The van der Waals surface area contributed by atoms with Crippen molar-refractivity contribution in [1.82, 2.24) is 0 Å². The zero-order chi connectivity index (χ0) is 30.5. The number of hydrogen-bond acceptors (Lipinski definition) is 0. The second kappa shape index (κ2) is 12.7. The van der Waals surface area contributed by atoms with Crippen LogP contribution in [0, 0.1) is 80.8 Å². The Morgan fingerprint density at radius 2 is 0.667 bits per heavy atom. The monoisotopic (exact) mass is 581 g/mol. The molecule has 244 valence electrons. The molecule has 0 nitrogen and oxygen atoms in total. The Morgan fingerprint density at radius 1 is 0.333 bits per heavy atom. The summed E-state index contributed by atoms with van der Waals surface area (Å²) in [6.07, 6.45) is 27.4. The van der Waals surface area contributed by atoms with Crippen LogP contribution in [0.2, 0.25) is 0 Å². The highest BCUT2D eigenvalue weighted by Gasteiger charge is 2.51. The van der Waals surface area contributed by atoms with Gasteiger partial charge >= 0.3 is 0 Å². The van der Waals surface area contributed by atoms with Crippen LogP contribution in [0.1, 0.15) is 185 Å². The topological polar surface area (TPSA) is 0 Å². The molecular formula is C42H76. The van der Waals surface area contributed by atoms with Crippen molar-refractivity contribution >= 4 is 0 Å². The highest BCUT2D eigenvalue weighted by atomic mass is 14.6. The first-order valence-electron chi connectivity index (χ1n) is 19.6. The van der Waals surface area contributed by atoms with Crippen LogP contribution in [-0.2, 0) is 0 Å². The zero-order valence-electron chi connectivity index (χ0n) is 30.5. The highest BCUT2D eigenvalue weighted by Crippen LogP contribution is 2.60. The lowest BCUT2D eigenvalue weighted by molar-refractivity contribution is 0.0570. The van der Waals surface area contributed by atoms with Gasteiger partial charge in [-0.3, -0.25) is 0 Å². The van der Waals surface area contributed by atoms with Crippen LogP contribution in [0.15, 0.2) is 0 Å². The molecule has 6 rings (SSSR count). The lowest BCUT2D eigenvalue weighted by atomic mass is 9.62. The van der Waals surface area contributed by atoms with E-state index in [0.717, 1.165) is 59.2 Å². The third-order valence-electron chi connectivity index (χ3n) is 16.0. The fourth-order valence-corrected chi connectivity index (χ4v) is 12.8. The van der Waals surface area contributed by atoms with Crippen LogP contribution in [0.5, 0.6) is 0 Å². The average Bonchev–Trinajstić information content (AvgIpc) is 3.73. The molecule has 0 aromatic carbocycles. The van der Waals surface area contributed by atoms with Gasteiger partial charge in [-0.15, -0.1) is 0 Å². The summed E-state index contributed by atoms with van der Waals surface area (Å²) < 4.78 is 0. The van der Waals surface area contributed by atoms with Crippen LogP contribution in [-0.4, -0.2) is 0 Å². The standard InChI is InChI=1S/2C21H38/c2*1-20(2,3)16-11-12-17(14-16)21(4,5)19-13-10-15-8-6-7-9-18(15)19/h2*15-19H,6-14H2,1-5H3. The van der Waals surface area contributed by atoms with Gasteiger partial charge < -0.3 is 0 Å². The van der Waals surface area contributed by atoms with E-state index in [1.54, 1.807) is 51.4 Å². The first kappa shape index (κ1) is 33.4. The Kier molecular flexibility index (Phi) is 10.1. The van der Waals surface area contributed by atoms with Crippen molar-refractivity contribution in [3.63, 3.8) is 0 Å². The molecule has 42 heavy (non-hydrogen) atoms. The number of rotatable bonds is 4. The fraction of sp³-hybridized carbons (Fsp3) is 1.00. The lowest BCUT2D eigenvalue weighted by Gasteiger charge is -2.43.